The second-order valence-corrected chi connectivity index (χ2v) is 7.77. The van der Waals surface area contributed by atoms with Crippen LogP contribution in [-0.4, -0.2) is 42.4 Å². The van der Waals surface area contributed by atoms with Gasteiger partial charge in [0.2, 0.25) is 0 Å². The zero-order valence-corrected chi connectivity index (χ0v) is 15.6. The zero-order chi connectivity index (χ0) is 18.0. The number of nitrogens with zero attached hydrogens (tertiary/aromatic N) is 1. The van der Waals surface area contributed by atoms with E-state index in [0.717, 1.165) is 34.7 Å². The topological polar surface area (TPSA) is 49.8 Å². The summed E-state index contributed by atoms with van der Waals surface area (Å²) in [6, 6.07) is 11.8. The minimum Gasteiger partial charge on any atom is -0.488 e. The summed E-state index contributed by atoms with van der Waals surface area (Å²) in [7, 11) is 4.12. The Balaban J connectivity index is 2.08. The Hall–Kier alpha value is -1.98. The van der Waals surface area contributed by atoms with Gasteiger partial charge in [0.15, 0.2) is 0 Å². The third-order valence-corrected chi connectivity index (χ3v) is 5.62. The van der Waals surface area contributed by atoms with Gasteiger partial charge in [-0.1, -0.05) is 24.3 Å². The molecule has 0 aromatic heterocycles. The highest BCUT2D eigenvalue weighted by atomic mass is 32.2. The lowest BCUT2D eigenvalue weighted by Gasteiger charge is -2.21. The Morgan fingerprint density at radius 1 is 1.28 bits per heavy atom. The predicted molar refractivity (Wildman–Crippen MR) is 102 cm³/mol. The molecule has 4 nitrogen and oxygen atoms in total. The van der Waals surface area contributed by atoms with Crippen molar-refractivity contribution in [3.63, 3.8) is 0 Å². The summed E-state index contributed by atoms with van der Waals surface area (Å²) in [4.78, 5) is 13.7. The number of ether oxygens (including phenoxy) is 1. The molecule has 1 heterocycles. The third-order valence-electron chi connectivity index (χ3n) is 4.37. The maximum Gasteiger partial charge on any atom is 0.335 e. The predicted octanol–water partition coefficient (Wildman–Crippen LogP) is 3.97. The lowest BCUT2D eigenvalue weighted by Crippen LogP contribution is -2.16. The molecular formula is C20H23NO3S. The second kappa shape index (κ2) is 7.50. The minimum atomic E-state index is -0.902. The van der Waals surface area contributed by atoms with Gasteiger partial charge in [-0.05, 0) is 49.8 Å². The first-order chi connectivity index (χ1) is 12.0. The van der Waals surface area contributed by atoms with Crippen molar-refractivity contribution in [1.29, 1.82) is 0 Å². The fourth-order valence-electron chi connectivity index (χ4n) is 3.09. The molecule has 2 aromatic carbocycles. The Morgan fingerprint density at radius 3 is 2.76 bits per heavy atom. The van der Waals surface area contributed by atoms with E-state index >= 15 is 0 Å². The Bertz CT molecular complexity index is 789. The fraction of sp³-hybridized carbons (Fsp3) is 0.350. The van der Waals surface area contributed by atoms with Crippen molar-refractivity contribution in [2.75, 3.05) is 26.4 Å². The molecule has 25 heavy (non-hydrogen) atoms. The van der Waals surface area contributed by atoms with Crippen LogP contribution in [0, 0.1) is 6.92 Å². The van der Waals surface area contributed by atoms with Gasteiger partial charge in [-0.15, -0.1) is 11.8 Å². The first kappa shape index (κ1) is 17.8. The van der Waals surface area contributed by atoms with E-state index in [4.69, 9.17) is 4.74 Å². The van der Waals surface area contributed by atoms with Crippen LogP contribution in [0.5, 0.6) is 5.75 Å². The van der Waals surface area contributed by atoms with Crippen molar-refractivity contribution in [1.82, 2.24) is 4.90 Å². The van der Waals surface area contributed by atoms with Gasteiger partial charge in [0.1, 0.15) is 12.4 Å². The van der Waals surface area contributed by atoms with Gasteiger partial charge in [-0.25, -0.2) is 4.79 Å². The van der Waals surface area contributed by atoms with Gasteiger partial charge in [-0.3, -0.25) is 0 Å². The van der Waals surface area contributed by atoms with Gasteiger partial charge in [0.25, 0.3) is 0 Å². The molecule has 3 rings (SSSR count). The van der Waals surface area contributed by atoms with Gasteiger partial charge in [0, 0.05) is 17.9 Å². The van der Waals surface area contributed by atoms with Crippen LogP contribution in [0.15, 0.2) is 36.4 Å². The number of aromatic carboxylic acids is 1. The highest BCUT2D eigenvalue weighted by Crippen LogP contribution is 2.45. The summed E-state index contributed by atoms with van der Waals surface area (Å²) in [6.07, 6.45) is 0. The van der Waals surface area contributed by atoms with E-state index in [2.05, 4.69) is 31.1 Å². The third kappa shape index (κ3) is 3.83. The lowest BCUT2D eigenvalue weighted by molar-refractivity contribution is 0.0696. The van der Waals surface area contributed by atoms with Gasteiger partial charge >= 0.3 is 5.97 Å². The van der Waals surface area contributed by atoms with E-state index < -0.39 is 5.97 Å². The van der Waals surface area contributed by atoms with Crippen LogP contribution >= 0.6 is 11.8 Å². The highest BCUT2D eigenvalue weighted by Gasteiger charge is 2.27. The van der Waals surface area contributed by atoms with Crippen LogP contribution in [0.25, 0.3) is 0 Å². The number of hydrogen-bond donors (Lipinski definition) is 1. The quantitative estimate of drug-likeness (QED) is 0.877. The maximum absolute atomic E-state index is 11.5. The zero-order valence-electron chi connectivity index (χ0n) is 14.8. The first-order valence-corrected chi connectivity index (χ1v) is 9.37. The molecule has 0 spiro atoms. The largest absolute Gasteiger partial charge is 0.488 e. The van der Waals surface area contributed by atoms with Gasteiger partial charge in [0.05, 0.1) is 10.8 Å². The average molecular weight is 357 g/mol. The Morgan fingerprint density at radius 2 is 2.04 bits per heavy atom. The summed E-state index contributed by atoms with van der Waals surface area (Å²) in [5.41, 5.74) is 4.54. The van der Waals surface area contributed by atoms with Crippen LogP contribution in [0.1, 0.15) is 37.9 Å². The van der Waals surface area contributed by atoms with Crippen molar-refractivity contribution in [2.45, 2.75) is 18.8 Å². The van der Waals surface area contributed by atoms with E-state index in [1.54, 1.807) is 12.1 Å². The van der Waals surface area contributed by atoms with Crippen LogP contribution in [0.2, 0.25) is 0 Å². The molecule has 1 N–H and O–H groups in total. The molecule has 1 atom stereocenters. The van der Waals surface area contributed by atoms with Crippen molar-refractivity contribution < 1.29 is 14.6 Å². The molecule has 0 amide bonds. The molecule has 0 fully saturated rings. The van der Waals surface area contributed by atoms with Gasteiger partial charge < -0.3 is 14.7 Å². The number of aryl methyl sites for hydroxylation is 1. The molecule has 132 valence electrons. The number of carboxylic acids is 1. The number of hydrogen-bond acceptors (Lipinski definition) is 4. The summed E-state index contributed by atoms with van der Waals surface area (Å²) < 4.78 is 6.08. The smallest absolute Gasteiger partial charge is 0.335 e. The molecule has 5 heteroatoms. The molecule has 1 aliphatic rings. The van der Waals surface area contributed by atoms with Gasteiger partial charge in [-0.2, -0.15) is 0 Å². The minimum absolute atomic E-state index is 0.0756. The Labute approximate surface area is 152 Å². The fourth-order valence-corrected chi connectivity index (χ4v) is 4.56. The number of thioether (sulfide) groups is 1. The van der Waals surface area contributed by atoms with Crippen LogP contribution in [0.4, 0.5) is 0 Å². The van der Waals surface area contributed by atoms with Crippen LogP contribution in [0.3, 0.4) is 0 Å². The first-order valence-electron chi connectivity index (χ1n) is 8.32. The van der Waals surface area contributed by atoms with E-state index in [0.29, 0.717) is 12.2 Å². The van der Waals surface area contributed by atoms with E-state index in [9.17, 15) is 9.90 Å². The molecular weight excluding hydrogens is 334 g/mol. The lowest BCUT2D eigenvalue weighted by atomic mass is 9.97. The molecule has 0 saturated heterocycles. The molecule has 0 bridgehead atoms. The van der Waals surface area contributed by atoms with E-state index in [1.807, 2.05) is 30.8 Å². The number of carbonyl (C=O) groups is 1. The van der Waals surface area contributed by atoms with E-state index in [-0.39, 0.29) is 5.25 Å². The Kier molecular flexibility index (Phi) is 5.35. The monoisotopic (exact) mass is 357 g/mol. The number of fused-ring (bicyclic) bond motifs is 2. The highest BCUT2D eigenvalue weighted by molar-refractivity contribution is 7.99. The summed E-state index contributed by atoms with van der Waals surface area (Å²) in [5, 5.41) is 9.53. The molecule has 0 radical (unpaired) electrons. The average Bonchev–Trinajstić information content (AvgIpc) is 2.72. The van der Waals surface area contributed by atoms with E-state index in [1.165, 1.54) is 5.56 Å². The van der Waals surface area contributed by atoms with Crippen LogP contribution in [-0.2, 0) is 6.61 Å². The van der Waals surface area contributed by atoms with Crippen molar-refractivity contribution in [3.8, 4) is 5.75 Å². The maximum atomic E-state index is 11.5. The molecule has 1 aliphatic heterocycles. The second-order valence-electron chi connectivity index (χ2n) is 6.56. The SMILES string of the molecule is Cc1cc(C(=O)O)cc2c1OCc1ccccc1C2SCCN(C)C. The summed E-state index contributed by atoms with van der Waals surface area (Å²) in [5.74, 6) is 0.881. The van der Waals surface area contributed by atoms with Crippen LogP contribution < -0.4 is 4.74 Å². The number of carboxylic acid groups (broad SMARTS) is 1. The number of benzene rings is 2. The standard InChI is InChI=1S/C20H23NO3S/c1-13-10-15(20(22)23)11-17-18(13)24-12-14-6-4-5-7-16(14)19(17)25-9-8-21(2)3/h4-7,10-11,19H,8-9,12H2,1-3H3,(H,22,23). The molecule has 2 aromatic rings. The molecule has 0 aliphatic carbocycles. The summed E-state index contributed by atoms with van der Waals surface area (Å²) >= 11 is 1.84. The molecule has 0 saturated carbocycles. The number of rotatable bonds is 5. The van der Waals surface area contributed by atoms with Crippen molar-refractivity contribution in [2.24, 2.45) is 0 Å². The van der Waals surface area contributed by atoms with Crippen molar-refractivity contribution in [3.05, 3.63) is 64.2 Å². The molecule has 1 unspecified atom stereocenters. The summed E-state index contributed by atoms with van der Waals surface area (Å²) in [6.45, 7) is 3.40. The van der Waals surface area contributed by atoms with Crippen molar-refractivity contribution >= 4 is 17.7 Å². The normalized spacial score (nSPS) is 15.9.